The average Bonchev–Trinajstić information content (AvgIpc) is 2.01. The normalized spacial score (nSPS) is 12.6. The highest BCUT2D eigenvalue weighted by Crippen LogP contribution is 1.81. The predicted molar refractivity (Wildman–Crippen MR) is 41.4 cm³/mol. The molecule has 11 heavy (non-hydrogen) atoms. The molecule has 0 spiro atoms. The molecular weight excluding hydrogens is 146 g/mol. The number of esters is 1. The number of rotatable bonds is 5. The van der Waals surface area contributed by atoms with Crippen LogP contribution in [0, 0.1) is 0 Å². The van der Waals surface area contributed by atoms with Crippen LogP contribution in [0.1, 0.15) is 6.92 Å². The molecule has 0 fully saturated rings. The van der Waals surface area contributed by atoms with Crippen molar-refractivity contribution in [3.05, 3.63) is 0 Å². The second kappa shape index (κ2) is 6.12. The van der Waals surface area contributed by atoms with Gasteiger partial charge >= 0.3 is 5.97 Å². The van der Waals surface area contributed by atoms with Gasteiger partial charge in [-0.1, -0.05) is 0 Å². The lowest BCUT2D eigenvalue weighted by molar-refractivity contribution is -0.139. The minimum Gasteiger partial charge on any atom is -0.468 e. The van der Waals surface area contributed by atoms with E-state index in [9.17, 15) is 4.79 Å². The van der Waals surface area contributed by atoms with Crippen molar-refractivity contribution in [1.82, 2.24) is 5.32 Å². The molecule has 0 radical (unpaired) electrons. The summed E-state index contributed by atoms with van der Waals surface area (Å²) in [7, 11) is 2.99. The van der Waals surface area contributed by atoms with Gasteiger partial charge < -0.3 is 14.8 Å². The van der Waals surface area contributed by atoms with Crippen LogP contribution in [0.4, 0.5) is 0 Å². The van der Waals surface area contributed by atoms with Gasteiger partial charge in [0.25, 0.3) is 0 Å². The molecule has 0 saturated carbocycles. The highest BCUT2D eigenvalue weighted by atomic mass is 16.5. The Morgan fingerprint density at radius 3 is 2.64 bits per heavy atom. The highest BCUT2D eigenvalue weighted by molar-refractivity contribution is 5.71. The fourth-order valence-electron chi connectivity index (χ4n) is 0.639. The summed E-state index contributed by atoms with van der Waals surface area (Å²) in [6.07, 6.45) is 0. The number of methoxy groups -OCH3 is 2. The summed E-state index contributed by atoms with van der Waals surface area (Å²) in [4.78, 5) is 10.6. The van der Waals surface area contributed by atoms with Crippen LogP contribution in [0.15, 0.2) is 0 Å². The van der Waals surface area contributed by atoms with Gasteiger partial charge in [0.15, 0.2) is 0 Å². The van der Waals surface area contributed by atoms with Crippen molar-refractivity contribution in [3.63, 3.8) is 0 Å². The van der Waals surface area contributed by atoms with Crippen LogP contribution in [0.25, 0.3) is 0 Å². The average molecular weight is 161 g/mol. The molecule has 0 aromatic rings. The molecule has 66 valence electrons. The number of carbonyl (C=O) groups is 1. The fourth-order valence-corrected chi connectivity index (χ4v) is 0.639. The van der Waals surface area contributed by atoms with Crippen molar-refractivity contribution < 1.29 is 14.3 Å². The van der Waals surface area contributed by atoms with Gasteiger partial charge in [0.1, 0.15) is 0 Å². The standard InChI is InChI=1S/C7H15NO3/c1-6(5-10-2)8-4-7(9)11-3/h6,8H,4-5H2,1-3H3/t6-/m0/s1. The van der Waals surface area contributed by atoms with Crippen LogP contribution in [0.5, 0.6) is 0 Å². The fraction of sp³-hybridized carbons (Fsp3) is 0.857. The number of hydrogen-bond donors (Lipinski definition) is 1. The largest absolute Gasteiger partial charge is 0.468 e. The summed E-state index contributed by atoms with van der Waals surface area (Å²) in [6, 6.07) is 0.180. The molecule has 4 nitrogen and oxygen atoms in total. The van der Waals surface area contributed by atoms with Gasteiger partial charge in [-0.3, -0.25) is 4.79 Å². The van der Waals surface area contributed by atoms with Crippen LogP contribution >= 0.6 is 0 Å². The molecule has 1 atom stereocenters. The monoisotopic (exact) mass is 161 g/mol. The van der Waals surface area contributed by atoms with Gasteiger partial charge in [0, 0.05) is 13.2 Å². The van der Waals surface area contributed by atoms with E-state index in [-0.39, 0.29) is 18.6 Å². The van der Waals surface area contributed by atoms with E-state index < -0.39 is 0 Å². The van der Waals surface area contributed by atoms with Crippen LogP contribution < -0.4 is 5.32 Å². The first-order chi connectivity index (χ1) is 5.20. The van der Waals surface area contributed by atoms with Crippen molar-refractivity contribution in [2.75, 3.05) is 27.4 Å². The Labute approximate surface area is 66.9 Å². The summed E-state index contributed by atoms with van der Waals surface area (Å²) in [5.74, 6) is -0.257. The second-order valence-corrected chi connectivity index (χ2v) is 2.31. The molecular formula is C7H15NO3. The Balaban J connectivity index is 3.29. The maximum absolute atomic E-state index is 10.6. The third-order valence-electron chi connectivity index (χ3n) is 1.24. The van der Waals surface area contributed by atoms with Gasteiger partial charge in [0.05, 0.1) is 20.3 Å². The first kappa shape index (κ1) is 10.4. The van der Waals surface area contributed by atoms with E-state index in [0.29, 0.717) is 6.61 Å². The smallest absolute Gasteiger partial charge is 0.319 e. The quantitative estimate of drug-likeness (QED) is 0.566. The second-order valence-electron chi connectivity index (χ2n) is 2.31. The van der Waals surface area contributed by atoms with Crippen molar-refractivity contribution in [1.29, 1.82) is 0 Å². The van der Waals surface area contributed by atoms with Crippen LogP contribution in [0.3, 0.4) is 0 Å². The van der Waals surface area contributed by atoms with Crippen molar-refractivity contribution in [2.24, 2.45) is 0 Å². The summed E-state index contributed by atoms with van der Waals surface area (Å²) < 4.78 is 9.29. The molecule has 0 saturated heterocycles. The Kier molecular flexibility index (Phi) is 5.78. The molecule has 0 bridgehead atoms. The highest BCUT2D eigenvalue weighted by Gasteiger charge is 2.03. The first-order valence-corrected chi connectivity index (χ1v) is 3.49. The Morgan fingerprint density at radius 1 is 1.55 bits per heavy atom. The topological polar surface area (TPSA) is 47.6 Å². The van der Waals surface area contributed by atoms with Gasteiger partial charge in [-0.15, -0.1) is 0 Å². The third kappa shape index (κ3) is 5.82. The lowest BCUT2D eigenvalue weighted by Crippen LogP contribution is -2.34. The van der Waals surface area contributed by atoms with E-state index in [1.807, 2.05) is 6.92 Å². The van der Waals surface area contributed by atoms with Crippen molar-refractivity contribution >= 4 is 5.97 Å². The number of carbonyl (C=O) groups excluding carboxylic acids is 1. The van der Waals surface area contributed by atoms with Gasteiger partial charge in [0.2, 0.25) is 0 Å². The SMILES string of the molecule is COC[C@H](C)NCC(=O)OC. The molecule has 0 aromatic heterocycles. The van der Waals surface area contributed by atoms with Crippen molar-refractivity contribution in [3.8, 4) is 0 Å². The zero-order chi connectivity index (χ0) is 8.69. The number of nitrogens with one attached hydrogen (secondary N) is 1. The van der Waals surface area contributed by atoms with Gasteiger partial charge in [-0.2, -0.15) is 0 Å². The third-order valence-corrected chi connectivity index (χ3v) is 1.24. The Hall–Kier alpha value is -0.610. The molecule has 0 heterocycles. The molecule has 1 N–H and O–H groups in total. The zero-order valence-electron chi connectivity index (χ0n) is 7.22. The Bertz CT molecular complexity index is 116. The van der Waals surface area contributed by atoms with Crippen LogP contribution in [0.2, 0.25) is 0 Å². The molecule has 0 aromatic carbocycles. The maximum Gasteiger partial charge on any atom is 0.319 e. The zero-order valence-corrected chi connectivity index (χ0v) is 7.22. The lowest BCUT2D eigenvalue weighted by Gasteiger charge is -2.10. The van der Waals surface area contributed by atoms with Crippen molar-refractivity contribution in [2.45, 2.75) is 13.0 Å². The molecule has 0 aliphatic rings. The predicted octanol–water partition coefficient (Wildman–Crippen LogP) is -0.216. The van der Waals surface area contributed by atoms with Gasteiger partial charge in [-0.05, 0) is 6.92 Å². The summed E-state index contributed by atoms with van der Waals surface area (Å²) in [5.41, 5.74) is 0. The maximum atomic E-state index is 10.6. The minimum absolute atomic E-state index is 0.180. The van der Waals surface area contributed by atoms with Crippen LogP contribution in [-0.2, 0) is 14.3 Å². The summed E-state index contributed by atoms with van der Waals surface area (Å²) >= 11 is 0. The summed E-state index contributed by atoms with van der Waals surface area (Å²) in [5, 5.41) is 2.93. The molecule has 0 unspecified atom stereocenters. The van der Waals surface area contributed by atoms with E-state index in [1.54, 1.807) is 7.11 Å². The van der Waals surface area contributed by atoms with E-state index in [1.165, 1.54) is 7.11 Å². The first-order valence-electron chi connectivity index (χ1n) is 3.49. The molecule has 0 aliphatic carbocycles. The van der Waals surface area contributed by atoms with E-state index in [4.69, 9.17) is 4.74 Å². The van der Waals surface area contributed by atoms with Gasteiger partial charge in [-0.25, -0.2) is 0 Å². The molecule has 0 rings (SSSR count). The lowest BCUT2D eigenvalue weighted by atomic mass is 10.3. The number of ether oxygens (including phenoxy) is 2. The molecule has 0 aliphatic heterocycles. The molecule has 0 amide bonds. The molecule has 4 heteroatoms. The summed E-state index contributed by atoms with van der Waals surface area (Å²) in [6.45, 7) is 2.77. The van der Waals surface area contributed by atoms with Crippen LogP contribution in [-0.4, -0.2) is 39.4 Å². The number of hydrogen-bond acceptors (Lipinski definition) is 4. The Morgan fingerprint density at radius 2 is 2.18 bits per heavy atom. The van der Waals surface area contributed by atoms with E-state index in [0.717, 1.165) is 0 Å². The minimum atomic E-state index is -0.257. The van der Waals surface area contributed by atoms with E-state index >= 15 is 0 Å². The van der Waals surface area contributed by atoms with E-state index in [2.05, 4.69) is 10.1 Å².